The highest BCUT2D eigenvalue weighted by Crippen LogP contribution is 2.23. The van der Waals surface area contributed by atoms with Gasteiger partial charge in [-0.1, -0.05) is 60.1 Å². The largest absolute Gasteiger partial charge is 0.480 e. The normalized spacial score (nSPS) is 19.4. The second-order valence-corrected chi connectivity index (χ2v) is 9.63. The predicted octanol–water partition coefficient (Wildman–Crippen LogP) is 1.82. The van der Waals surface area contributed by atoms with Crippen molar-refractivity contribution in [1.82, 2.24) is 14.3 Å². The van der Waals surface area contributed by atoms with Gasteiger partial charge in [-0.25, -0.2) is 4.72 Å². The van der Waals surface area contributed by atoms with E-state index in [0.29, 0.717) is 16.3 Å². The molecule has 0 radical (unpaired) electrons. The van der Waals surface area contributed by atoms with E-state index in [1.54, 1.807) is 24.3 Å². The van der Waals surface area contributed by atoms with E-state index < -0.39 is 34.3 Å². The topological polar surface area (TPSA) is 116 Å². The van der Waals surface area contributed by atoms with Gasteiger partial charge in [0.05, 0.1) is 0 Å². The number of carboxylic acids is 1. The van der Waals surface area contributed by atoms with E-state index in [4.69, 9.17) is 11.6 Å². The minimum Gasteiger partial charge on any atom is -0.480 e. The van der Waals surface area contributed by atoms with Crippen molar-refractivity contribution in [3.63, 3.8) is 0 Å². The summed E-state index contributed by atoms with van der Waals surface area (Å²) in [5.41, 5.74) is 1.53. The van der Waals surface area contributed by atoms with Gasteiger partial charge in [-0.15, -0.1) is 0 Å². The summed E-state index contributed by atoms with van der Waals surface area (Å²) in [5, 5.41) is 12.6. The molecule has 11 heteroatoms. The van der Waals surface area contributed by atoms with Crippen LogP contribution in [0, 0.1) is 0 Å². The standard InChI is InChI=1S/C19H20ClN3O5S2/c20-15-9-5-4-8-14(15)10-23-17(18(24)22-30(23,27)28)21-16(19(25)26)12-29-11-13-6-2-1-3-7-13/h1-9,16-17,21H,10-12H2,(H,22,24)(H,25,26)/t16-,17+/m0/s1. The molecule has 2 atom stereocenters. The van der Waals surface area contributed by atoms with E-state index >= 15 is 0 Å². The number of halogens is 1. The van der Waals surface area contributed by atoms with Crippen LogP contribution in [0.5, 0.6) is 0 Å². The second-order valence-electron chi connectivity index (χ2n) is 6.57. The van der Waals surface area contributed by atoms with Crippen molar-refractivity contribution in [3.05, 3.63) is 70.7 Å². The number of benzene rings is 2. The van der Waals surface area contributed by atoms with Gasteiger partial charge in [0, 0.05) is 23.1 Å². The van der Waals surface area contributed by atoms with E-state index in [-0.39, 0.29) is 12.3 Å². The molecule has 3 N–H and O–H groups in total. The van der Waals surface area contributed by atoms with Gasteiger partial charge in [0.1, 0.15) is 6.04 Å². The van der Waals surface area contributed by atoms with E-state index in [1.165, 1.54) is 11.8 Å². The van der Waals surface area contributed by atoms with Gasteiger partial charge in [-0.2, -0.15) is 24.5 Å². The summed E-state index contributed by atoms with van der Waals surface area (Å²) in [6.07, 6.45) is -1.36. The van der Waals surface area contributed by atoms with E-state index in [2.05, 4.69) is 5.32 Å². The fourth-order valence-electron chi connectivity index (χ4n) is 2.89. The fraction of sp³-hybridized carbons (Fsp3) is 0.263. The van der Waals surface area contributed by atoms with E-state index in [0.717, 1.165) is 9.87 Å². The first-order chi connectivity index (χ1) is 14.3. The molecule has 0 aliphatic carbocycles. The number of hydrogen-bond donors (Lipinski definition) is 3. The molecule has 8 nitrogen and oxygen atoms in total. The van der Waals surface area contributed by atoms with Crippen molar-refractivity contribution in [2.75, 3.05) is 5.75 Å². The highest BCUT2D eigenvalue weighted by atomic mass is 35.5. The number of carbonyl (C=O) groups excluding carboxylic acids is 1. The Morgan fingerprint density at radius 3 is 2.53 bits per heavy atom. The number of nitrogens with one attached hydrogen (secondary N) is 2. The summed E-state index contributed by atoms with van der Waals surface area (Å²) in [5.74, 6) is -1.27. The summed E-state index contributed by atoms with van der Waals surface area (Å²) in [4.78, 5) is 24.0. The Kier molecular flexibility index (Phi) is 7.37. The van der Waals surface area contributed by atoms with Gasteiger partial charge in [0.2, 0.25) is 0 Å². The minimum absolute atomic E-state index is 0.147. The zero-order valence-corrected chi connectivity index (χ0v) is 18.1. The lowest BCUT2D eigenvalue weighted by Crippen LogP contribution is -2.53. The molecule has 30 heavy (non-hydrogen) atoms. The van der Waals surface area contributed by atoms with Gasteiger partial charge in [0.25, 0.3) is 5.91 Å². The average Bonchev–Trinajstić information content (AvgIpc) is 2.91. The van der Waals surface area contributed by atoms with Gasteiger partial charge in [0.15, 0.2) is 6.17 Å². The summed E-state index contributed by atoms with van der Waals surface area (Å²) >= 11 is 7.49. The Hall–Kier alpha value is -2.11. The quantitative estimate of drug-likeness (QED) is 0.513. The molecule has 2 aromatic rings. The zero-order chi connectivity index (χ0) is 21.7. The molecule has 1 heterocycles. The molecular formula is C19H20ClN3O5S2. The van der Waals surface area contributed by atoms with E-state index in [1.807, 2.05) is 35.1 Å². The third-order valence-corrected chi connectivity index (χ3v) is 7.30. The smallest absolute Gasteiger partial charge is 0.321 e. The van der Waals surface area contributed by atoms with Crippen LogP contribution in [0.3, 0.4) is 0 Å². The maximum atomic E-state index is 12.4. The van der Waals surface area contributed by atoms with Crippen LogP contribution < -0.4 is 10.0 Å². The molecule has 2 aromatic carbocycles. The van der Waals surface area contributed by atoms with Crippen LogP contribution >= 0.6 is 23.4 Å². The van der Waals surface area contributed by atoms with Crippen LogP contribution in [0.2, 0.25) is 5.02 Å². The lowest BCUT2D eigenvalue weighted by molar-refractivity contribution is -0.139. The first kappa shape index (κ1) is 22.6. The van der Waals surface area contributed by atoms with Crippen LogP contribution in [0.4, 0.5) is 0 Å². The molecular weight excluding hydrogens is 450 g/mol. The van der Waals surface area contributed by atoms with Crippen LogP contribution in [0.15, 0.2) is 54.6 Å². The molecule has 1 fully saturated rings. The summed E-state index contributed by atoms with van der Waals surface area (Å²) in [6.45, 7) is -0.179. The highest BCUT2D eigenvalue weighted by Gasteiger charge is 2.45. The number of rotatable bonds is 9. The second kappa shape index (κ2) is 9.80. The number of nitrogens with zero attached hydrogens (tertiary/aromatic N) is 1. The Morgan fingerprint density at radius 1 is 1.20 bits per heavy atom. The Labute approximate surface area is 183 Å². The van der Waals surface area contributed by atoms with Crippen molar-refractivity contribution in [2.45, 2.75) is 24.5 Å². The minimum atomic E-state index is -4.12. The SMILES string of the molecule is O=C(O)[C@H](CSCc1ccccc1)N[C@H]1C(=O)NS(=O)(=O)N1Cc1ccccc1Cl. The molecule has 0 saturated carbocycles. The number of carbonyl (C=O) groups is 2. The highest BCUT2D eigenvalue weighted by molar-refractivity contribution is 7.98. The first-order valence-electron chi connectivity index (χ1n) is 8.95. The molecule has 0 unspecified atom stereocenters. The Bertz CT molecular complexity index is 1020. The van der Waals surface area contributed by atoms with Gasteiger partial charge >= 0.3 is 16.2 Å². The molecule has 1 saturated heterocycles. The monoisotopic (exact) mass is 469 g/mol. The molecule has 1 amide bonds. The van der Waals surface area contributed by atoms with Crippen LogP contribution in [0.1, 0.15) is 11.1 Å². The van der Waals surface area contributed by atoms with Gasteiger partial charge in [-0.3, -0.25) is 14.9 Å². The van der Waals surface area contributed by atoms with Crippen LogP contribution in [0.25, 0.3) is 0 Å². The Morgan fingerprint density at radius 2 is 1.87 bits per heavy atom. The van der Waals surface area contributed by atoms with E-state index in [9.17, 15) is 23.1 Å². The third kappa shape index (κ3) is 5.52. The number of thioether (sulfide) groups is 1. The number of aliphatic carboxylic acids is 1. The number of hydrogen-bond acceptors (Lipinski definition) is 6. The summed E-state index contributed by atoms with van der Waals surface area (Å²) in [6, 6.07) is 15.1. The maximum Gasteiger partial charge on any atom is 0.321 e. The molecule has 0 spiro atoms. The summed E-state index contributed by atoms with van der Waals surface area (Å²) < 4.78 is 27.6. The fourth-order valence-corrected chi connectivity index (χ4v) is 5.33. The third-order valence-electron chi connectivity index (χ3n) is 4.41. The van der Waals surface area contributed by atoms with Crippen LogP contribution in [-0.4, -0.2) is 47.7 Å². The maximum absolute atomic E-state index is 12.4. The van der Waals surface area contributed by atoms with Crippen molar-refractivity contribution in [1.29, 1.82) is 0 Å². The van der Waals surface area contributed by atoms with Gasteiger partial charge in [-0.05, 0) is 17.2 Å². The molecule has 1 aliphatic heterocycles. The number of amides is 1. The van der Waals surface area contributed by atoms with Crippen molar-refractivity contribution in [3.8, 4) is 0 Å². The van der Waals surface area contributed by atoms with Crippen molar-refractivity contribution >= 4 is 45.4 Å². The molecule has 3 rings (SSSR count). The average molecular weight is 470 g/mol. The van der Waals surface area contributed by atoms with Crippen molar-refractivity contribution < 1.29 is 23.1 Å². The van der Waals surface area contributed by atoms with Crippen LogP contribution in [-0.2, 0) is 32.1 Å². The zero-order valence-electron chi connectivity index (χ0n) is 15.7. The van der Waals surface area contributed by atoms with Gasteiger partial charge < -0.3 is 5.11 Å². The molecule has 0 bridgehead atoms. The molecule has 1 aliphatic rings. The molecule has 0 aromatic heterocycles. The van der Waals surface area contributed by atoms with Crippen molar-refractivity contribution in [2.24, 2.45) is 0 Å². The Balaban J connectivity index is 1.72. The number of carboxylic acid groups (broad SMARTS) is 1. The first-order valence-corrected chi connectivity index (χ1v) is 11.9. The summed E-state index contributed by atoms with van der Waals surface area (Å²) in [7, 11) is -4.12. The molecule has 160 valence electrons. The lowest BCUT2D eigenvalue weighted by atomic mass is 10.2. The predicted molar refractivity (Wildman–Crippen MR) is 115 cm³/mol. The lowest BCUT2D eigenvalue weighted by Gasteiger charge is -2.24.